The number of nitrogens with zero attached hydrogens (tertiary/aromatic N) is 3. The third-order valence-electron chi connectivity index (χ3n) is 6.08. The van der Waals surface area contributed by atoms with Crippen LogP contribution in [0.15, 0.2) is 67.0 Å². The van der Waals surface area contributed by atoms with Crippen LogP contribution in [-0.2, 0) is 4.74 Å². The van der Waals surface area contributed by atoms with Crippen molar-refractivity contribution in [3.05, 3.63) is 83.9 Å². The summed E-state index contributed by atoms with van der Waals surface area (Å²) in [6.45, 7) is 1.48. The zero-order chi connectivity index (χ0) is 22.1. The maximum atomic E-state index is 11.5. The Morgan fingerprint density at radius 2 is 2.12 bits per heavy atom. The van der Waals surface area contributed by atoms with Crippen LogP contribution >= 0.6 is 12.2 Å². The zero-order valence-corrected chi connectivity index (χ0v) is 18.2. The van der Waals surface area contributed by atoms with Gasteiger partial charge in [0, 0.05) is 36.9 Å². The van der Waals surface area contributed by atoms with Crippen molar-refractivity contribution in [3.63, 3.8) is 0 Å². The molecule has 7 nitrogen and oxygen atoms in total. The molecule has 0 saturated carbocycles. The van der Waals surface area contributed by atoms with Gasteiger partial charge < -0.3 is 24.6 Å². The van der Waals surface area contributed by atoms with Gasteiger partial charge in [-0.15, -0.1) is 0 Å². The van der Waals surface area contributed by atoms with E-state index < -0.39 is 5.97 Å². The highest BCUT2D eigenvalue weighted by molar-refractivity contribution is 7.80. The number of aromatic nitrogens is 2. The second-order valence-electron chi connectivity index (χ2n) is 8.07. The molecule has 0 bridgehead atoms. The van der Waals surface area contributed by atoms with Gasteiger partial charge in [0.1, 0.15) is 0 Å². The van der Waals surface area contributed by atoms with Gasteiger partial charge in [-0.3, -0.25) is 4.98 Å². The molecule has 8 heteroatoms. The number of pyridine rings is 1. The highest BCUT2D eigenvalue weighted by atomic mass is 32.1. The lowest BCUT2D eigenvalue weighted by Gasteiger charge is -2.30. The Morgan fingerprint density at radius 1 is 1.22 bits per heavy atom. The lowest BCUT2D eigenvalue weighted by molar-refractivity contribution is 0.0696. The van der Waals surface area contributed by atoms with E-state index in [1.165, 1.54) is 0 Å². The molecule has 2 aliphatic rings. The molecule has 2 aromatic heterocycles. The Morgan fingerprint density at radius 3 is 2.88 bits per heavy atom. The Bertz CT molecular complexity index is 1130. The van der Waals surface area contributed by atoms with E-state index >= 15 is 0 Å². The Hall–Kier alpha value is -3.23. The lowest BCUT2D eigenvalue weighted by Crippen LogP contribution is -2.36. The molecular formula is C24H24N4O3S. The number of hydrogen-bond donors (Lipinski definition) is 2. The van der Waals surface area contributed by atoms with Gasteiger partial charge in [0.15, 0.2) is 5.11 Å². The molecule has 3 aromatic rings. The van der Waals surface area contributed by atoms with Crippen molar-refractivity contribution in [1.29, 1.82) is 0 Å². The summed E-state index contributed by atoms with van der Waals surface area (Å²) in [7, 11) is 0. The van der Waals surface area contributed by atoms with Crippen LogP contribution in [0.4, 0.5) is 0 Å². The van der Waals surface area contributed by atoms with Gasteiger partial charge in [0.2, 0.25) is 0 Å². The Kier molecular flexibility index (Phi) is 5.63. The number of benzene rings is 1. The Labute approximate surface area is 191 Å². The molecule has 164 valence electrons. The highest BCUT2D eigenvalue weighted by Gasteiger charge is 2.42. The van der Waals surface area contributed by atoms with Gasteiger partial charge in [-0.25, -0.2) is 4.79 Å². The Balaban J connectivity index is 1.57. The minimum atomic E-state index is -0.948. The maximum absolute atomic E-state index is 11.5. The molecule has 5 rings (SSSR count). The summed E-state index contributed by atoms with van der Waals surface area (Å²) in [5.74, 6) is -0.948. The van der Waals surface area contributed by atoms with Crippen LogP contribution in [-0.4, -0.2) is 49.9 Å². The van der Waals surface area contributed by atoms with Crippen LogP contribution in [0.25, 0.3) is 5.69 Å². The summed E-state index contributed by atoms with van der Waals surface area (Å²) in [6, 6.07) is 16.6. The van der Waals surface area contributed by atoms with Gasteiger partial charge in [-0.2, -0.15) is 0 Å². The van der Waals surface area contributed by atoms with Gasteiger partial charge in [-0.05, 0) is 67.5 Å². The van der Waals surface area contributed by atoms with E-state index in [2.05, 4.69) is 21.3 Å². The van der Waals surface area contributed by atoms with Crippen molar-refractivity contribution in [2.45, 2.75) is 31.0 Å². The van der Waals surface area contributed by atoms with E-state index in [0.717, 1.165) is 36.5 Å². The summed E-state index contributed by atoms with van der Waals surface area (Å²) in [4.78, 5) is 18.3. The first-order valence-electron chi connectivity index (χ1n) is 10.7. The fourth-order valence-electron chi connectivity index (χ4n) is 4.59. The monoisotopic (exact) mass is 448 g/mol. The molecule has 0 radical (unpaired) electrons. The number of carboxylic acid groups (broad SMARTS) is 1. The SMILES string of the molecule is O=C(O)c1cccc(-n2cccc2[C@@H]2[C@H](c3ccccn3)NC(=S)N2C[C@H]2CCCO2)c1. The van der Waals surface area contributed by atoms with Crippen LogP contribution in [0.1, 0.15) is 46.7 Å². The third-order valence-corrected chi connectivity index (χ3v) is 6.43. The summed E-state index contributed by atoms with van der Waals surface area (Å²) < 4.78 is 7.94. The third kappa shape index (κ3) is 3.87. The minimum Gasteiger partial charge on any atom is -0.478 e. The number of carbonyl (C=O) groups is 1. The van der Waals surface area contributed by atoms with Gasteiger partial charge in [0.25, 0.3) is 0 Å². The second-order valence-corrected chi connectivity index (χ2v) is 8.46. The fraction of sp³-hybridized carbons (Fsp3) is 0.292. The van der Waals surface area contributed by atoms with Gasteiger partial charge in [-0.1, -0.05) is 12.1 Å². The van der Waals surface area contributed by atoms with Gasteiger partial charge in [0.05, 0.1) is 29.4 Å². The predicted molar refractivity (Wildman–Crippen MR) is 124 cm³/mol. The van der Waals surface area contributed by atoms with Crippen molar-refractivity contribution in [1.82, 2.24) is 19.8 Å². The molecule has 3 atom stereocenters. The molecule has 2 saturated heterocycles. The standard InChI is InChI=1S/C24H24N4O3S/c29-23(30)16-6-3-7-17(14-16)27-12-4-10-20(27)22-21(19-9-1-2-11-25-19)26-24(32)28(22)15-18-8-5-13-31-18/h1-4,6-7,9-12,14,18,21-22H,5,8,13,15H2,(H,26,32)(H,29,30)/t18-,21+,22-/m1/s1. The number of rotatable bonds is 6. The second kappa shape index (κ2) is 8.72. The van der Waals surface area contributed by atoms with E-state index in [9.17, 15) is 9.90 Å². The molecule has 2 aliphatic heterocycles. The molecule has 1 aromatic carbocycles. The number of hydrogen-bond acceptors (Lipinski definition) is 4. The normalized spacial score (nSPS) is 22.8. The molecule has 0 unspecified atom stereocenters. The molecule has 0 amide bonds. The quantitative estimate of drug-likeness (QED) is 0.557. The molecule has 0 spiro atoms. The van der Waals surface area contributed by atoms with E-state index in [1.54, 1.807) is 24.4 Å². The molecular weight excluding hydrogens is 424 g/mol. The van der Waals surface area contributed by atoms with E-state index in [4.69, 9.17) is 17.0 Å². The van der Waals surface area contributed by atoms with Crippen molar-refractivity contribution in [2.24, 2.45) is 0 Å². The van der Waals surface area contributed by atoms with Crippen LogP contribution in [0.3, 0.4) is 0 Å². The number of aromatic carboxylic acids is 1. The fourth-order valence-corrected chi connectivity index (χ4v) is 4.91. The van der Waals surface area contributed by atoms with E-state index in [0.29, 0.717) is 11.7 Å². The van der Waals surface area contributed by atoms with Crippen molar-refractivity contribution in [3.8, 4) is 5.69 Å². The largest absolute Gasteiger partial charge is 0.478 e. The predicted octanol–water partition coefficient (Wildman–Crippen LogP) is 3.72. The zero-order valence-electron chi connectivity index (χ0n) is 17.4. The van der Waals surface area contributed by atoms with Gasteiger partial charge >= 0.3 is 5.97 Å². The van der Waals surface area contributed by atoms with Crippen molar-refractivity contribution >= 4 is 23.3 Å². The smallest absolute Gasteiger partial charge is 0.335 e. The average Bonchev–Trinajstić information content (AvgIpc) is 3.56. The average molecular weight is 449 g/mol. The molecule has 32 heavy (non-hydrogen) atoms. The van der Waals surface area contributed by atoms with Crippen LogP contribution < -0.4 is 5.32 Å². The summed E-state index contributed by atoms with van der Waals surface area (Å²) in [5.41, 5.74) is 2.95. The molecule has 2 fully saturated rings. The first-order valence-corrected chi connectivity index (χ1v) is 11.1. The summed E-state index contributed by atoms with van der Waals surface area (Å²) in [5, 5.41) is 13.6. The van der Waals surface area contributed by atoms with Crippen molar-refractivity contribution < 1.29 is 14.6 Å². The highest BCUT2D eigenvalue weighted by Crippen LogP contribution is 2.40. The van der Waals surface area contributed by atoms with Crippen LogP contribution in [0, 0.1) is 0 Å². The minimum absolute atomic E-state index is 0.120. The molecule has 0 aliphatic carbocycles. The number of carboxylic acids is 1. The number of ether oxygens (including phenoxy) is 1. The maximum Gasteiger partial charge on any atom is 0.335 e. The molecule has 4 heterocycles. The first-order chi connectivity index (χ1) is 15.6. The first kappa shape index (κ1) is 20.7. The van der Waals surface area contributed by atoms with E-state index in [-0.39, 0.29) is 23.8 Å². The summed E-state index contributed by atoms with van der Waals surface area (Å²) in [6.07, 6.45) is 5.96. The van der Waals surface area contributed by atoms with Crippen molar-refractivity contribution in [2.75, 3.05) is 13.2 Å². The lowest BCUT2D eigenvalue weighted by atomic mass is 10.0. The van der Waals surface area contributed by atoms with Crippen LogP contribution in [0.5, 0.6) is 0 Å². The summed E-state index contributed by atoms with van der Waals surface area (Å²) >= 11 is 5.76. The van der Waals surface area contributed by atoms with E-state index in [1.807, 2.05) is 41.1 Å². The number of thiocarbonyl (C=S) groups is 1. The van der Waals surface area contributed by atoms with Crippen LogP contribution in [0.2, 0.25) is 0 Å². The number of nitrogens with one attached hydrogen (secondary N) is 1. The molecule has 2 N–H and O–H groups in total. The topological polar surface area (TPSA) is 79.6 Å².